The van der Waals surface area contributed by atoms with E-state index < -0.39 is 0 Å². The first kappa shape index (κ1) is 14.1. The lowest BCUT2D eigenvalue weighted by atomic mass is 9.93. The lowest BCUT2D eigenvalue weighted by Crippen LogP contribution is -2.50. The van der Waals surface area contributed by atoms with Gasteiger partial charge in [0.1, 0.15) is 0 Å². The molecule has 1 aliphatic rings. The zero-order valence-corrected chi connectivity index (χ0v) is 12.0. The number of hydrogen-bond donors (Lipinski definition) is 2. The predicted octanol–water partition coefficient (Wildman–Crippen LogP) is 1.41. The fourth-order valence-corrected chi connectivity index (χ4v) is 2.49. The Morgan fingerprint density at radius 2 is 2.37 bits per heavy atom. The molecule has 2 N–H and O–H groups in total. The van der Waals surface area contributed by atoms with Crippen molar-refractivity contribution in [1.29, 1.82) is 0 Å². The molecule has 1 amide bonds. The highest BCUT2D eigenvalue weighted by Gasteiger charge is 2.24. The predicted molar refractivity (Wildman–Crippen MR) is 75.0 cm³/mol. The molecule has 0 spiro atoms. The van der Waals surface area contributed by atoms with Gasteiger partial charge in [-0.1, -0.05) is 13.8 Å². The fourth-order valence-electron chi connectivity index (χ4n) is 2.49. The van der Waals surface area contributed by atoms with Gasteiger partial charge in [-0.15, -0.1) is 0 Å². The van der Waals surface area contributed by atoms with Crippen molar-refractivity contribution in [3.05, 3.63) is 18.0 Å². The third-order valence-corrected chi connectivity index (χ3v) is 3.81. The molecule has 5 heteroatoms. The van der Waals surface area contributed by atoms with Crippen LogP contribution in [0, 0.1) is 5.92 Å². The van der Waals surface area contributed by atoms with Gasteiger partial charge in [0.25, 0.3) is 5.91 Å². The Hall–Kier alpha value is -1.36. The second kappa shape index (κ2) is 6.19. The molecular weight excluding hydrogens is 240 g/mol. The molecule has 2 rings (SSSR count). The minimum Gasteiger partial charge on any atom is -0.348 e. The second-order valence-corrected chi connectivity index (χ2v) is 5.59. The minimum absolute atomic E-state index is 0.0190. The zero-order chi connectivity index (χ0) is 13.8. The van der Waals surface area contributed by atoms with Gasteiger partial charge in [-0.3, -0.25) is 9.48 Å². The summed E-state index contributed by atoms with van der Waals surface area (Å²) in [5.41, 5.74) is 0.646. The SMILES string of the molecule is CCn1cc(C(=O)NC2CCC(C(C)C)NC2)cn1. The minimum atomic E-state index is -0.0190. The third-order valence-electron chi connectivity index (χ3n) is 3.81. The zero-order valence-electron chi connectivity index (χ0n) is 12.0. The van der Waals surface area contributed by atoms with Crippen molar-refractivity contribution in [2.24, 2.45) is 5.92 Å². The van der Waals surface area contributed by atoms with Crippen molar-refractivity contribution in [3.63, 3.8) is 0 Å². The Morgan fingerprint density at radius 1 is 1.58 bits per heavy atom. The maximum absolute atomic E-state index is 12.1. The number of nitrogens with one attached hydrogen (secondary N) is 2. The number of aromatic nitrogens is 2. The van der Waals surface area contributed by atoms with Crippen molar-refractivity contribution >= 4 is 5.91 Å². The molecule has 2 unspecified atom stereocenters. The van der Waals surface area contributed by atoms with Crippen molar-refractivity contribution in [2.75, 3.05) is 6.54 Å². The van der Waals surface area contributed by atoms with Gasteiger partial charge in [-0.05, 0) is 25.7 Å². The highest BCUT2D eigenvalue weighted by molar-refractivity contribution is 5.93. The number of piperidine rings is 1. The van der Waals surface area contributed by atoms with E-state index in [0.717, 1.165) is 25.9 Å². The summed E-state index contributed by atoms with van der Waals surface area (Å²) in [7, 11) is 0. The number of nitrogens with zero attached hydrogens (tertiary/aromatic N) is 2. The van der Waals surface area contributed by atoms with Crippen LogP contribution in [-0.2, 0) is 6.54 Å². The van der Waals surface area contributed by atoms with Crippen LogP contribution in [0.2, 0.25) is 0 Å². The second-order valence-electron chi connectivity index (χ2n) is 5.59. The summed E-state index contributed by atoms with van der Waals surface area (Å²) in [6, 6.07) is 0.809. The Bertz CT molecular complexity index is 419. The standard InChI is InChI=1S/C14H24N4O/c1-4-18-9-11(7-16-18)14(19)17-12-5-6-13(10(2)3)15-8-12/h7,9-10,12-13,15H,4-6,8H2,1-3H3,(H,17,19). The molecule has 1 fully saturated rings. The van der Waals surface area contributed by atoms with E-state index in [2.05, 4.69) is 29.6 Å². The molecule has 2 heterocycles. The number of aryl methyl sites for hydroxylation is 1. The molecule has 1 aliphatic heterocycles. The molecular formula is C14H24N4O. The Morgan fingerprint density at radius 3 is 2.89 bits per heavy atom. The summed E-state index contributed by atoms with van der Waals surface area (Å²) >= 11 is 0. The lowest BCUT2D eigenvalue weighted by molar-refractivity contribution is 0.0924. The molecule has 0 radical (unpaired) electrons. The van der Waals surface area contributed by atoms with E-state index in [0.29, 0.717) is 17.5 Å². The van der Waals surface area contributed by atoms with E-state index in [1.807, 2.05) is 6.92 Å². The van der Waals surface area contributed by atoms with Crippen LogP contribution < -0.4 is 10.6 Å². The monoisotopic (exact) mass is 264 g/mol. The van der Waals surface area contributed by atoms with Gasteiger partial charge in [0, 0.05) is 31.4 Å². The molecule has 2 atom stereocenters. The molecule has 1 aromatic rings. The van der Waals surface area contributed by atoms with E-state index in [1.165, 1.54) is 0 Å². The number of carbonyl (C=O) groups is 1. The topological polar surface area (TPSA) is 59.0 Å². The number of carbonyl (C=O) groups excluding carboxylic acids is 1. The molecule has 19 heavy (non-hydrogen) atoms. The first-order chi connectivity index (χ1) is 9.10. The summed E-state index contributed by atoms with van der Waals surface area (Å²) < 4.78 is 1.77. The van der Waals surface area contributed by atoms with Gasteiger partial charge in [0.05, 0.1) is 11.8 Å². The Labute approximate surface area is 114 Å². The van der Waals surface area contributed by atoms with Crippen LogP contribution in [0.3, 0.4) is 0 Å². The molecule has 1 aromatic heterocycles. The van der Waals surface area contributed by atoms with Crippen LogP contribution >= 0.6 is 0 Å². The van der Waals surface area contributed by atoms with Gasteiger partial charge in [0.15, 0.2) is 0 Å². The van der Waals surface area contributed by atoms with Crippen LogP contribution in [-0.4, -0.2) is 34.3 Å². The molecule has 0 bridgehead atoms. The fraction of sp³-hybridized carbons (Fsp3) is 0.714. The molecule has 106 valence electrons. The third kappa shape index (κ3) is 3.56. The number of amides is 1. The van der Waals surface area contributed by atoms with Crippen molar-refractivity contribution in [2.45, 2.75) is 52.2 Å². The summed E-state index contributed by atoms with van der Waals surface area (Å²) in [5, 5.41) is 10.7. The highest BCUT2D eigenvalue weighted by Crippen LogP contribution is 2.15. The molecule has 0 saturated carbocycles. The summed E-state index contributed by atoms with van der Waals surface area (Å²) in [5.74, 6) is 0.633. The smallest absolute Gasteiger partial charge is 0.254 e. The summed E-state index contributed by atoms with van der Waals surface area (Å²) in [6.07, 6.45) is 5.59. The maximum atomic E-state index is 12.1. The van der Waals surface area contributed by atoms with Crippen LogP contribution in [0.1, 0.15) is 44.0 Å². The normalized spacial score (nSPS) is 23.6. The van der Waals surface area contributed by atoms with Crippen molar-refractivity contribution in [1.82, 2.24) is 20.4 Å². The highest BCUT2D eigenvalue weighted by atomic mass is 16.1. The summed E-state index contributed by atoms with van der Waals surface area (Å²) in [4.78, 5) is 12.1. The van der Waals surface area contributed by atoms with Crippen LogP contribution in [0.4, 0.5) is 0 Å². The number of hydrogen-bond acceptors (Lipinski definition) is 3. The first-order valence-corrected chi connectivity index (χ1v) is 7.16. The van der Waals surface area contributed by atoms with E-state index >= 15 is 0 Å². The molecule has 0 aliphatic carbocycles. The largest absolute Gasteiger partial charge is 0.348 e. The average molecular weight is 264 g/mol. The van der Waals surface area contributed by atoms with Gasteiger partial charge >= 0.3 is 0 Å². The Kier molecular flexibility index (Phi) is 4.58. The average Bonchev–Trinajstić information content (AvgIpc) is 2.88. The molecule has 5 nitrogen and oxygen atoms in total. The van der Waals surface area contributed by atoms with Gasteiger partial charge in [-0.2, -0.15) is 5.10 Å². The molecule has 0 aromatic carbocycles. The van der Waals surface area contributed by atoms with Crippen molar-refractivity contribution in [3.8, 4) is 0 Å². The van der Waals surface area contributed by atoms with Gasteiger partial charge < -0.3 is 10.6 Å². The maximum Gasteiger partial charge on any atom is 0.254 e. The summed E-state index contributed by atoms with van der Waals surface area (Å²) in [6.45, 7) is 8.11. The van der Waals surface area contributed by atoms with Gasteiger partial charge in [0.2, 0.25) is 0 Å². The van der Waals surface area contributed by atoms with E-state index in [4.69, 9.17) is 0 Å². The van der Waals surface area contributed by atoms with E-state index in [-0.39, 0.29) is 11.9 Å². The lowest BCUT2D eigenvalue weighted by Gasteiger charge is -2.32. The van der Waals surface area contributed by atoms with Gasteiger partial charge in [-0.25, -0.2) is 0 Å². The quantitative estimate of drug-likeness (QED) is 0.864. The number of rotatable bonds is 4. The van der Waals surface area contributed by atoms with Crippen LogP contribution in [0.25, 0.3) is 0 Å². The van der Waals surface area contributed by atoms with E-state index in [9.17, 15) is 4.79 Å². The Balaban J connectivity index is 1.83. The van der Waals surface area contributed by atoms with E-state index in [1.54, 1.807) is 17.1 Å². The first-order valence-electron chi connectivity index (χ1n) is 7.16. The van der Waals surface area contributed by atoms with Crippen LogP contribution in [0.5, 0.6) is 0 Å². The van der Waals surface area contributed by atoms with Crippen molar-refractivity contribution < 1.29 is 4.79 Å². The molecule has 1 saturated heterocycles. The van der Waals surface area contributed by atoms with Crippen LogP contribution in [0.15, 0.2) is 12.4 Å².